The quantitative estimate of drug-likeness (QED) is 0.617. The van der Waals surface area contributed by atoms with E-state index in [0.29, 0.717) is 0 Å². The Bertz CT molecular complexity index is 287. The van der Waals surface area contributed by atoms with Crippen LogP contribution in [0.3, 0.4) is 0 Å². The molecule has 96 valence electrons. The summed E-state index contributed by atoms with van der Waals surface area (Å²) in [5.41, 5.74) is 0. The van der Waals surface area contributed by atoms with Crippen molar-refractivity contribution < 1.29 is 0 Å². The highest BCUT2D eigenvalue weighted by atomic mass is 15.2. The molecule has 0 aromatic heterocycles. The molecular weight excluding hydrogens is 206 g/mol. The Hall–Kier alpha value is -0.0400. The molecule has 0 N–H and O–H groups in total. The lowest BCUT2D eigenvalue weighted by Gasteiger charge is -2.52. The van der Waals surface area contributed by atoms with Crippen LogP contribution >= 0.6 is 0 Å². The van der Waals surface area contributed by atoms with Gasteiger partial charge < -0.3 is 4.90 Å². The number of piperidine rings is 1. The van der Waals surface area contributed by atoms with Crippen molar-refractivity contribution >= 4 is 0 Å². The van der Waals surface area contributed by atoms with Crippen LogP contribution in [0.5, 0.6) is 0 Å². The van der Waals surface area contributed by atoms with Crippen LogP contribution in [0.1, 0.15) is 57.8 Å². The Balaban J connectivity index is 1.56. The van der Waals surface area contributed by atoms with Gasteiger partial charge in [0, 0.05) is 6.04 Å². The molecule has 0 radical (unpaired) electrons. The molecule has 4 rings (SSSR count). The van der Waals surface area contributed by atoms with E-state index in [1.807, 2.05) is 0 Å². The van der Waals surface area contributed by atoms with E-state index in [1.54, 1.807) is 38.5 Å². The first-order valence-electron chi connectivity index (χ1n) is 8.17. The molecule has 0 amide bonds. The van der Waals surface area contributed by atoms with Crippen molar-refractivity contribution in [3.8, 4) is 0 Å². The molecule has 2 saturated carbocycles. The van der Waals surface area contributed by atoms with E-state index < -0.39 is 0 Å². The minimum Gasteiger partial charge on any atom is -0.300 e. The molecule has 2 aliphatic carbocycles. The van der Waals surface area contributed by atoms with Crippen molar-refractivity contribution in [3.05, 3.63) is 0 Å². The largest absolute Gasteiger partial charge is 0.300 e. The second-order valence-electron chi connectivity index (χ2n) is 7.15. The van der Waals surface area contributed by atoms with Crippen LogP contribution in [0.25, 0.3) is 0 Å². The summed E-state index contributed by atoms with van der Waals surface area (Å²) in [6.07, 6.45) is 13.9. The van der Waals surface area contributed by atoms with E-state index in [-0.39, 0.29) is 0 Å². The number of rotatable bonds is 0. The molecule has 0 aromatic rings. The van der Waals surface area contributed by atoms with Crippen LogP contribution in [-0.4, -0.2) is 24.0 Å². The minimum atomic E-state index is 1.01. The summed E-state index contributed by atoms with van der Waals surface area (Å²) >= 11 is 0. The van der Waals surface area contributed by atoms with Gasteiger partial charge in [-0.3, -0.25) is 0 Å². The monoisotopic (exact) mass is 233 g/mol. The van der Waals surface area contributed by atoms with E-state index in [2.05, 4.69) is 4.90 Å². The van der Waals surface area contributed by atoms with Crippen LogP contribution < -0.4 is 0 Å². The average molecular weight is 233 g/mol. The van der Waals surface area contributed by atoms with E-state index in [1.165, 1.54) is 32.4 Å². The molecule has 1 unspecified atom stereocenters. The summed E-state index contributed by atoms with van der Waals surface area (Å²) in [5, 5.41) is 0. The third-order valence-corrected chi connectivity index (χ3v) is 6.60. The van der Waals surface area contributed by atoms with E-state index in [4.69, 9.17) is 0 Å². The predicted octanol–water partition coefficient (Wildman–Crippen LogP) is 3.69. The molecular formula is C16H27N. The normalized spacial score (nSPS) is 50.5. The van der Waals surface area contributed by atoms with Gasteiger partial charge in [-0.1, -0.05) is 19.3 Å². The maximum atomic E-state index is 2.84. The Morgan fingerprint density at radius 1 is 0.588 bits per heavy atom. The van der Waals surface area contributed by atoms with Crippen LogP contribution in [0, 0.1) is 23.7 Å². The summed E-state index contributed by atoms with van der Waals surface area (Å²) in [6.45, 7) is 2.86. The molecule has 2 saturated heterocycles. The Morgan fingerprint density at radius 3 is 2.53 bits per heavy atom. The van der Waals surface area contributed by atoms with Gasteiger partial charge in [0.2, 0.25) is 0 Å². The number of hydrogen-bond acceptors (Lipinski definition) is 1. The number of nitrogens with zero attached hydrogens (tertiary/aromatic N) is 1. The van der Waals surface area contributed by atoms with E-state index >= 15 is 0 Å². The highest BCUT2D eigenvalue weighted by molar-refractivity contribution is 4.99. The Kier molecular flexibility index (Phi) is 2.72. The third-order valence-electron chi connectivity index (χ3n) is 6.60. The van der Waals surface area contributed by atoms with Crippen LogP contribution in [0.15, 0.2) is 0 Å². The summed E-state index contributed by atoms with van der Waals surface area (Å²) in [5.74, 6) is 4.52. The van der Waals surface area contributed by atoms with Gasteiger partial charge in [0.15, 0.2) is 0 Å². The first-order valence-corrected chi connectivity index (χ1v) is 8.17. The molecule has 0 aromatic carbocycles. The first kappa shape index (κ1) is 10.8. The molecule has 4 aliphatic rings. The summed E-state index contributed by atoms with van der Waals surface area (Å²) < 4.78 is 0. The van der Waals surface area contributed by atoms with Gasteiger partial charge in [0.1, 0.15) is 0 Å². The minimum absolute atomic E-state index is 1.01. The fourth-order valence-corrected chi connectivity index (χ4v) is 5.93. The van der Waals surface area contributed by atoms with Crippen LogP contribution in [0.2, 0.25) is 0 Å². The lowest BCUT2D eigenvalue weighted by molar-refractivity contribution is -0.0260. The van der Waals surface area contributed by atoms with Gasteiger partial charge in [-0.2, -0.15) is 0 Å². The van der Waals surface area contributed by atoms with Gasteiger partial charge in [0.05, 0.1) is 0 Å². The summed E-state index contributed by atoms with van der Waals surface area (Å²) in [4.78, 5) is 2.84. The van der Waals surface area contributed by atoms with Crippen molar-refractivity contribution in [3.63, 3.8) is 0 Å². The van der Waals surface area contributed by atoms with Gasteiger partial charge in [-0.15, -0.1) is 0 Å². The average Bonchev–Trinajstić information content (AvgIpc) is 2.86. The van der Waals surface area contributed by atoms with Crippen molar-refractivity contribution in [2.45, 2.75) is 63.8 Å². The molecule has 4 fully saturated rings. The lowest BCUT2D eigenvalue weighted by atomic mass is 9.58. The van der Waals surface area contributed by atoms with Crippen molar-refractivity contribution in [2.75, 3.05) is 13.1 Å². The van der Waals surface area contributed by atoms with E-state index in [0.717, 1.165) is 29.7 Å². The van der Waals surface area contributed by atoms with Gasteiger partial charge in [-0.25, -0.2) is 0 Å². The maximum Gasteiger partial charge on any atom is 0.0127 e. The second kappa shape index (κ2) is 4.26. The third kappa shape index (κ3) is 1.69. The molecule has 1 nitrogen and oxygen atoms in total. The SMILES string of the molecule is C1CC[C@H]2C(C1)CC[C@@H]1[C@@H]2CCN2CCC[C@@H]12. The number of hydrogen-bond donors (Lipinski definition) is 0. The van der Waals surface area contributed by atoms with Crippen LogP contribution in [0.4, 0.5) is 0 Å². The molecule has 2 aliphatic heterocycles. The zero-order chi connectivity index (χ0) is 11.2. The topological polar surface area (TPSA) is 3.24 Å². The zero-order valence-electron chi connectivity index (χ0n) is 11.1. The standard InChI is InChI=1S/C16H27N/c1-2-5-13-12(4-1)7-8-15-14(13)9-11-17-10-3-6-16(15)17/h12-16H,1-11H2/t12?,13-,14+,15+,16-/m0/s1. The molecule has 5 atom stereocenters. The van der Waals surface area contributed by atoms with E-state index in [9.17, 15) is 0 Å². The maximum absolute atomic E-state index is 2.84. The molecule has 1 heteroatoms. The highest BCUT2D eigenvalue weighted by Crippen LogP contribution is 2.52. The fourth-order valence-electron chi connectivity index (χ4n) is 5.93. The molecule has 2 heterocycles. The Morgan fingerprint density at radius 2 is 1.53 bits per heavy atom. The highest BCUT2D eigenvalue weighted by Gasteiger charge is 2.47. The van der Waals surface area contributed by atoms with Crippen molar-refractivity contribution in [1.82, 2.24) is 4.90 Å². The van der Waals surface area contributed by atoms with Crippen molar-refractivity contribution in [2.24, 2.45) is 23.7 Å². The second-order valence-corrected chi connectivity index (χ2v) is 7.15. The molecule has 17 heavy (non-hydrogen) atoms. The fraction of sp³-hybridized carbons (Fsp3) is 1.00. The van der Waals surface area contributed by atoms with Gasteiger partial charge in [-0.05, 0) is 75.3 Å². The van der Waals surface area contributed by atoms with Crippen LogP contribution in [-0.2, 0) is 0 Å². The first-order chi connectivity index (χ1) is 8.43. The van der Waals surface area contributed by atoms with Crippen molar-refractivity contribution in [1.29, 1.82) is 0 Å². The molecule has 0 spiro atoms. The lowest BCUT2D eigenvalue weighted by Crippen LogP contribution is -2.51. The Labute approximate surface area is 106 Å². The predicted molar refractivity (Wildman–Crippen MR) is 70.9 cm³/mol. The van der Waals surface area contributed by atoms with Gasteiger partial charge in [0.25, 0.3) is 0 Å². The van der Waals surface area contributed by atoms with Gasteiger partial charge >= 0.3 is 0 Å². The summed E-state index contributed by atoms with van der Waals surface area (Å²) in [7, 11) is 0. The number of fused-ring (bicyclic) bond motifs is 5. The smallest absolute Gasteiger partial charge is 0.0127 e. The zero-order valence-corrected chi connectivity index (χ0v) is 11.1. The molecule has 0 bridgehead atoms. The summed E-state index contributed by atoms with van der Waals surface area (Å²) in [6, 6.07) is 1.01.